The van der Waals surface area contributed by atoms with Gasteiger partial charge in [0.15, 0.2) is 0 Å². The molecule has 0 aromatic carbocycles. The molecule has 0 radical (unpaired) electrons. The predicted octanol–water partition coefficient (Wildman–Crippen LogP) is 6.26. The number of hydrogen-bond acceptors (Lipinski definition) is 0. The fourth-order valence-electron chi connectivity index (χ4n) is 0. The van der Waals surface area contributed by atoms with Gasteiger partial charge in [0.1, 0.15) is 8.98 Å². The SMILES string of the molecule is ClC(Cl)=C(Cl)Cl.FC(F)(Cl)C(Cl)(Cl)Cl. The molecule has 10 heteroatoms. The van der Waals surface area contributed by atoms with Crippen molar-refractivity contribution in [3.63, 3.8) is 0 Å². The largest absolute Gasteiger partial charge is 0.368 e. The minimum Gasteiger partial charge on any atom is -0.183 e. The lowest BCUT2D eigenvalue weighted by molar-refractivity contribution is 0.101. The molecule has 0 fully saturated rings. The maximum atomic E-state index is 11.6. The molecule has 0 saturated carbocycles. The van der Waals surface area contributed by atoms with Gasteiger partial charge in [-0.25, -0.2) is 0 Å². The van der Waals surface area contributed by atoms with Crippen LogP contribution >= 0.6 is 92.8 Å². The van der Waals surface area contributed by atoms with Crippen molar-refractivity contribution in [1.82, 2.24) is 0 Å². The van der Waals surface area contributed by atoms with Crippen molar-refractivity contribution >= 4 is 92.8 Å². The molecular weight excluding hydrogens is 370 g/mol. The summed E-state index contributed by atoms with van der Waals surface area (Å²) in [5.74, 6) is 0. The molecule has 14 heavy (non-hydrogen) atoms. The maximum Gasteiger partial charge on any atom is 0.368 e. The quantitative estimate of drug-likeness (QED) is 0.442. The summed E-state index contributed by atoms with van der Waals surface area (Å²) in [5, 5.41) is -3.79. The molecule has 0 N–H and O–H groups in total. The molecule has 0 aliphatic heterocycles. The van der Waals surface area contributed by atoms with Crippen LogP contribution in [0.15, 0.2) is 8.98 Å². The Morgan fingerprint density at radius 1 is 0.714 bits per heavy atom. The first kappa shape index (κ1) is 18.3. The topological polar surface area (TPSA) is 0 Å². The van der Waals surface area contributed by atoms with E-state index in [2.05, 4.69) is 46.4 Å². The zero-order valence-electron chi connectivity index (χ0n) is 5.78. The highest BCUT2D eigenvalue weighted by molar-refractivity contribution is 6.70. The van der Waals surface area contributed by atoms with Crippen LogP contribution in [0.4, 0.5) is 8.78 Å². The summed E-state index contributed by atoms with van der Waals surface area (Å²) in [6.45, 7) is 0. The van der Waals surface area contributed by atoms with E-state index in [4.69, 9.17) is 46.4 Å². The van der Waals surface area contributed by atoms with Gasteiger partial charge >= 0.3 is 5.38 Å². The lowest BCUT2D eigenvalue weighted by atomic mass is 10.8. The second-order valence-electron chi connectivity index (χ2n) is 1.52. The first-order valence-corrected chi connectivity index (χ1v) is 5.41. The Morgan fingerprint density at radius 2 is 0.857 bits per heavy atom. The van der Waals surface area contributed by atoms with Crippen molar-refractivity contribution in [3.05, 3.63) is 8.98 Å². The first-order chi connectivity index (χ1) is 5.89. The average Bonchev–Trinajstić information content (AvgIpc) is 1.83. The van der Waals surface area contributed by atoms with Crippen molar-refractivity contribution in [2.75, 3.05) is 0 Å². The summed E-state index contributed by atoms with van der Waals surface area (Å²) in [7, 11) is 0. The standard InChI is InChI=1S/C2Cl4F2.C2Cl4/c3-1(4,5)2(6,7)8;3-1(4)2(5)6. The molecule has 0 aliphatic carbocycles. The Hall–Kier alpha value is 1.92. The third-order valence-corrected chi connectivity index (χ3v) is 2.89. The third kappa shape index (κ3) is 10.4. The zero-order chi connectivity index (χ0) is 12.2. The molecule has 0 aromatic heterocycles. The number of hydrogen-bond donors (Lipinski definition) is 0. The van der Waals surface area contributed by atoms with Gasteiger partial charge in [-0.2, -0.15) is 8.78 Å². The molecule has 0 aliphatic rings. The minimum atomic E-state index is -3.79. The predicted molar refractivity (Wildman–Crippen MR) is 61.5 cm³/mol. The highest BCUT2D eigenvalue weighted by Gasteiger charge is 2.48. The van der Waals surface area contributed by atoms with E-state index < -0.39 is 9.17 Å². The van der Waals surface area contributed by atoms with Gasteiger partial charge in [0, 0.05) is 0 Å². The summed E-state index contributed by atoms with van der Waals surface area (Å²) in [6, 6.07) is 0. The molecule has 0 rings (SSSR count). The van der Waals surface area contributed by atoms with Crippen LogP contribution in [-0.2, 0) is 0 Å². The molecule has 0 unspecified atom stereocenters. The molecule has 86 valence electrons. The molecular formula is C4Cl8F2. The van der Waals surface area contributed by atoms with Crippen LogP contribution in [0.25, 0.3) is 0 Å². The van der Waals surface area contributed by atoms with E-state index in [1.165, 1.54) is 0 Å². The van der Waals surface area contributed by atoms with Crippen LogP contribution in [0.5, 0.6) is 0 Å². The molecule has 0 nitrogen and oxygen atoms in total. The van der Waals surface area contributed by atoms with Crippen LogP contribution in [0.2, 0.25) is 0 Å². The van der Waals surface area contributed by atoms with Crippen LogP contribution in [0.3, 0.4) is 0 Å². The van der Waals surface area contributed by atoms with Gasteiger partial charge in [-0.3, -0.25) is 0 Å². The van der Waals surface area contributed by atoms with Gasteiger partial charge in [-0.15, -0.1) is 0 Å². The molecule has 0 spiro atoms. The van der Waals surface area contributed by atoms with Crippen LogP contribution < -0.4 is 0 Å². The van der Waals surface area contributed by atoms with Crippen molar-refractivity contribution in [2.45, 2.75) is 9.17 Å². The normalized spacial score (nSPS) is 11.6. The Labute approximate surface area is 119 Å². The average molecular weight is 370 g/mol. The molecule has 0 heterocycles. The Balaban J connectivity index is 0. The fraction of sp³-hybridized carbons (Fsp3) is 0.500. The Bertz CT molecular complexity index is 170. The Kier molecular flexibility index (Phi) is 9.52. The lowest BCUT2D eigenvalue weighted by Gasteiger charge is -2.15. The van der Waals surface area contributed by atoms with Crippen molar-refractivity contribution < 1.29 is 8.78 Å². The highest BCUT2D eigenvalue weighted by atomic mass is 35.6. The minimum absolute atomic E-state index is 0.0988. The lowest BCUT2D eigenvalue weighted by Crippen LogP contribution is -2.26. The summed E-state index contributed by atoms with van der Waals surface area (Å²) in [6.07, 6.45) is 0. The maximum absolute atomic E-state index is 11.6. The smallest absolute Gasteiger partial charge is 0.183 e. The third-order valence-electron chi connectivity index (χ3n) is 0.464. The fourth-order valence-corrected chi connectivity index (χ4v) is 0. The van der Waals surface area contributed by atoms with Gasteiger partial charge in [0.05, 0.1) is 0 Å². The second kappa shape index (κ2) is 7.29. The molecule has 0 bridgehead atoms. The van der Waals surface area contributed by atoms with Crippen LogP contribution in [0.1, 0.15) is 0 Å². The van der Waals surface area contributed by atoms with Crippen LogP contribution in [-0.4, -0.2) is 9.17 Å². The van der Waals surface area contributed by atoms with Gasteiger partial charge < -0.3 is 0 Å². The second-order valence-corrected chi connectivity index (χ2v) is 6.17. The zero-order valence-corrected chi connectivity index (χ0v) is 11.8. The van der Waals surface area contributed by atoms with E-state index in [0.29, 0.717) is 0 Å². The van der Waals surface area contributed by atoms with E-state index in [-0.39, 0.29) is 8.98 Å². The molecule has 0 atom stereocenters. The monoisotopic (exact) mass is 366 g/mol. The van der Waals surface area contributed by atoms with Crippen molar-refractivity contribution in [3.8, 4) is 0 Å². The van der Waals surface area contributed by atoms with Crippen molar-refractivity contribution in [1.29, 1.82) is 0 Å². The molecule has 0 saturated heterocycles. The summed E-state index contributed by atoms with van der Waals surface area (Å²) >= 11 is 38.2. The van der Waals surface area contributed by atoms with E-state index in [9.17, 15) is 8.78 Å². The first-order valence-electron chi connectivity index (χ1n) is 2.39. The van der Waals surface area contributed by atoms with Crippen molar-refractivity contribution in [2.24, 2.45) is 0 Å². The number of halogens is 10. The van der Waals surface area contributed by atoms with Crippen LogP contribution in [0, 0.1) is 0 Å². The van der Waals surface area contributed by atoms with E-state index in [1.807, 2.05) is 0 Å². The highest BCUT2D eigenvalue weighted by Crippen LogP contribution is 2.44. The van der Waals surface area contributed by atoms with Gasteiger partial charge in [-0.05, 0) is 11.6 Å². The van der Waals surface area contributed by atoms with E-state index in [1.54, 1.807) is 0 Å². The van der Waals surface area contributed by atoms with Gasteiger partial charge in [-0.1, -0.05) is 81.2 Å². The van der Waals surface area contributed by atoms with Gasteiger partial charge in [0.2, 0.25) is 0 Å². The Morgan fingerprint density at radius 3 is 0.857 bits per heavy atom. The summed E-state index contributed by atoms with van der Waals surface area (Å²) < 4.78 is 20.3. The number of alkyl halides is 6. The van der Waals surface area contributed by atoms with E-state index >= 15 is 0 Å². The van der Waals surface area contributed by atoms with E-state index in [0.717, 1.165) is 0 Å². The van der Waals surface area contributed by atoms with Gasteiger partial charge in [0.25, 0.3) is 3.79 Å². The molecule has 0 amide bonds. The molecule has 0 aromatic rings. The summed E-state index contributed by atoms with van der Waals surface area (Å²) in [5.41, 5.74) is 0. The number of rotatable bonds is 0. The summed E-state index contributed by atoms with van der Waals surface area (Å²) in [4.78, 5) is 0.